The van der Waals surface area contributed by atoms with E-state index in [4.69, 9.17) is 0 Å². The molecule has 3 N–H and O–H groups in total. The van der Waals surface area contributed by atoms with E-state index in [0.29, 0.717) is 16.6 Å². The van der Waals surface area contributed by atoms with Crippen LogP contribution in [0.3, 0.4) is 0 Å². The van der Waals surface area contributed by atoms with Crippen LogP contribution in [0.1, 0.15) is 5.56 Å². The van der Waals surface area contributed by atoms with Gasteiger partial charge in [-0.1, -0.05) is 15.9 Å². The largest absolute Gasteiger partial charge is 0.316 e. The van der Waals surface area contributed by atoms with Crippen LogP contribution in [0.25, 0.3) is 0 Å². The van der Waals surface area contributed by atoms with Crippen molar-refractivity contribution in [3.8, 4) is 0 Å². The molecule has 2 rings (SSSR count). The van der Waals surface area contributed by atoms with E-state index in [1.165, 1.54) is 24.4 Å². The fourth-order valence-electron chi connectivity index (χ4n) is 1.62. The van der Waals surface area contributed by atoms with E-state index in [9.17, 15) is 12.8 Å². The lowest BCUT2D eigenvalue weighted by Crippen LogP contribution is -2.17. The molecule has 9 heteroatoms. The van der Waals surface area contributed by atoms with Crippen LogP contribution in [0.4, 0.5) is 10.1 Å². The normalized spacial score (nSPS) is 11.6. The number of aromatic nitrogens is 2. The number of nitrogens with one attached hydrogen (secondary N) is 3. The summed E-state index contributed by atoms with van der Waals surface area (Å²) in [5, 5.41) is 8.85. The number of halogens is 2. The van der Waals surface area contributed by atoms with Crippen molar-refractivity contribution in [2.75, 3.05) is 11.8 Å². The molecule has 0 saturated carbocycles. The number of H-pyrrole nitrogens is 1. The maximum Gasteiger partial charge on any atom is 0.279 e. The van der Waals surface area contributed by atoms with Gasteiger partial charge in [0.25, 0.3) is 10.0 Å². The average Bonchev–Trinajstić information content (AvgIpc) is 2.83. The zero-order chi connectivity index (χ0) is 14.8. The number of anilines is 1. The van der Waals surface area contributed by atoms with Crippen LogP contribution in [0.5, 0.6) is 0 Å². The third-order valence-electron chi connectivity index (χ3n) is 2.49. The monoisotopic (exact) mass is 362 g/mol. The Kier molecular flexibility index (Phi) is 4.41. The molecule has 0 unspecified atom stereocenters. The van der Waals surface area contributed by atoms with Crippen molar-refractivity contribution in [3.63, 3.8) is 0 Å². The van der Waals surface area contributed by atoms with Gasteiger partial charge in [0.2, 0.25) is 0 Å². The Morgan fingerprint density at radius 3 is 2.90 bits per heavy atom. The van der Waals surface area contributed by atoms with Crippen LogP contribution in [0.15, 0.2) is 33.9 Å². The maximum atomic E-state index is 13.6. The number of rotatable bonds is 5. The Morgan fingerprint density at radius 2 is 2.20 bits per heavy atom. The topological polar surface area (TPSA) is 86.9 Å². The highest BCUT2D eigenvalue weighted by Gasteiger charge is 2.22. The highest BCUT2D eigenvalue weighted by atomic mass is 79.9. The van der Waals surface area contributed by atoms with Gasteiger partial charge < -0.3 is 5.32 Å². The Morgan fingerprint density at radius 1 is 1.45 bits per heavy atom. The average molecular weight is 363 g/mol. The number of aromatic amines is 1. The molecule has 0 radical (unpaired) electrons. The Labute approximate surface area is 124 Å². The number of benzene rings is 1. The van der Waals surface area contributed by atoms with Gasteiger partial charge in [-0.05, 0) is 25.2 Å². The van der Waals surface area contributed by atoms with Crippen molar-refractivity contribution in [1.82, 2.24) is 15.5 Å². The number of nitrogens with zero attached hydrogens (tertiary/aromatic N) is 1. The molecule has 0 bridgehead atoms. The fourth-order valence-corrected chi connectivity index (χ4v) is 3.17. The summed E-state index contributed by atoms with van der Waals surface area (Å²) in [4.78, 5) is 0. The van der Waals surface area contributed by atoms with Gasteiger partial charge in [-0.2, -0.15) is 13.5 Å². The molecule has 6 nitrogen and oxygen atoms in total. The number of sulfonamides is 1. The molecule has 0 aliphatic heterocycles. The van der Waals surface area contributed by atoms with Crippen molar-refractivity contribution >= 4 is 31.6 Å². The van der Waals surface area contributed by atoms with Gasteiger partial charge >= 0.3 is 0 Å². The molecule has 0 amide bonds. The number of hydrogen-bond donors (Lipinski definition) is 3. The molecule has 2 aromatic rings. The lowest BCUT2D eigenvalue weighted by atomic mass is 10.3. The second-order valence-corrected chi connectivity index (χ2v) is 6.52. The summed E-state index contributed by atoms with van der Waals surface area (Å²) in [6.45, 7) is 0.327. The van der Waals surface area contributed by atoms with Gasteiger partial charge in [0.1, 0.15) is 5.82 Å². The first kappa shape index (κ1) is 14.9. The predicted molar refractivity (Wildman–Crippen MR) is 76.3 cm³/mol. The molecule has 0 fully saturated rings. The van der Waals surface area contributed by atoms with Crippen molar-refractivity contribution in [2.45, 2.75) is 11.6 Å². The SMILES string of the molecule is CNCc1cn[nH]c1S(=O)(=O)Nc1cc(Br)ccc1F. The van der Waals surface area contributed by atoms with E-state index in [-0.39, 0.29) is 10.7 Å². The Balaban J connectivity index is 2.36. The van der Waals surface area contributed by atoms with Gasteiger partial charge in [-0.3, -0.25) is 9.82 Å². The zero-order valence-corrected chi connectivity index (χ0v) is 12.8. The molecule has 0 spiro atoms. The lowest BCUT2D eigenvalue weighted by molar-refractivity contribution is 0.592. The van der Waals surface area contributed by atoms with E-state index in [1.807, 2.05) is 0 Å². The minimum atomic E-state index is -3.93. The van der Waals surface area contributed by atoms with Crippen LogP contribution in [0, 0.1) is 5.82 Å². The van der Waals surface area contributed by atoms with Crippen LogP contribution >= 0.6 is 15.9 Å². The first-order valence-corrected chi connectivity index (χ1v) is 7.86. The van der Waals surface area contributed by atoms with Crippen molar-refractivity contribution in [2.24, 2.45) is 0 Å². The van der Waals surface area contributed by atoms with Gasteiger partial charge in [0.15, 0.2) is 5.03 Å². The van der Waals surface area contributed by atoms with Crippen molar-refractivity contribution in [1.29, 1.82) is 0 Å². The number of hydrogen-bond acceptors (Lipinski definition) is 4. The summed E-state index contributed by atoms with van der Waals surface area (Å²) in [6, 6.07) is 4.00. The molecule has 0 saturated heterocycles. The van der Waals surface area contributed by atoms with Gasteiger partial charge in [0.05, 0.1) is 11.9 Å². The first-order valence-electron chi connectivity index (χ1n) is 5.59. The molecular formula is C11H12BrFN4O2S. The predicted octanol–water partition coefficient (Wildman–Crippen LogP) is 1.83. The second-order valence-electron chi connectivity index (χ2n) is 3.98. The summed E-state index contributed by atoms with van der Waals surface area (Å²) in [7, 11) is -2.25. The molecule has 1 aromatic heterocycles. The van der Waals surface area contributed by atoms with Crippen LogP contribution < -0.4 is 10.0 Å². The van der Waals surface area contributed by atoms with Crippen LogP contribution in [-0.2, 0) is 16.6 Å². The smallest absolute Gasteiger partial charge is 0.279 e. The summed E-state index contributed by atoms with van der Waals surface area (Å²) in [5.74, 6) is -0.661. The minimum Gasteiger partial charge on any atom is -0.316 e. The standard InChI is InChI=1S/C11H12BrFN4O2S/c1-14-5-7-6-15-16-11(7)20(18,19)17-10-4-8(12)2-3-9(10)13/h2-4,6,14,17H,5H2,1H3,(H,15,16). The van der Waals surface area contributed by atoms with E-state index in [0.717, 1.165) is 0 Å². The molecule has 0 aliphatic carbocycles. The molecule has 1 aromatic carbocycles. The third kappa shape index (κ3) is 3.17. The minimum absolute atomic E-state index is 0.0915. The maximum absolute atomic E-state index is 13.6. The molecule has 0 atom stereocenters. The van der Waals surface area contributed by atoms with Crippen LogP contribution in [-0.4, -0.2) is 25.7 Å². The summed E-state index contributed by atoms with van der Waals surface area (Å²) in [5.41, 5.74) is 0.333. The van der Waals surface area contributed by atoms with Gasteiger partial charge in [-0.25, -0.2) is 4.39 Å². The molecule has 1 heterocycles. The quantitative estimate of drug-likeness (QED) is 0.757. The second kappa shape index (κ2) is 5.90. The van der Waals surface area contributed by atoms with E-state index >= 15 is 0 Å². The van der Waals surface area contributed by atoms with E-state index in [2.05, 4.69) is 36.2 Å². The van der Waals surface area contributed by atoms with Crippen molar-refractivity contribution in [3.05, 3.63) is 40.2 Å². The summed E-state index contributed by atoms with van der Waals surface area (Å²) < 4.78 is 40.8. The molecule has 0 aliphatic rings. The van der Waals surface area contributed by atoms with Crippen LogP contribution in [0.2, 0.25) is 0 Å². The highest BCUT2D eigenvalue weighted by molar-refractivity contribution is 9.10. The molecule has 20 heavy (non-hydrogen) atoms. The lowest BCUT2D eigenvalue weighted by Gasteiger charge is -2.09. The molecule has 108 valence electrons. The highest BCUT2D eigenvalue weighted by Crippen LogP contribution is 2.23. The fraction of sp³-hybridized carbons (Fsp3) is 0.182. The summed E-state index contributed by atoms with van der Waals surface area (Å²) >= 11 is 3.16. The van der Waals surface area contributed by atoms with Gasteiger partial charge in [-0.15, -0.1) is 0 Å². The first-order chi connectivity index (χ1) is 9.44. The summed E-state index contributed by atoms with van der Waals surface area (Å²) in [6.07, 6.45) is 1.41. The Bertz CT molecular complexity index is 717. The van der Waals surface area contributed by atoms with Gasteiger partial charge in [0, 0.05) is 16.6 Å². The zero-order valence-electron chi connectivity index (χ0n) is 10.4. The molecular weight excluding hydrogens is 351 g/mol. The van der Waals surface area contributed by atoms with E-state index < -0.39 is 15.8 Å². The van der Waals surface area contributed by atoms with Crippen molar-refractivity contribution < 1.29 is 12.8 Å². The van der Waals surface area contributed by atoms with E-state index in [1.54, 1.807) is 7.05 Å². The third-order valence-corrected chi connectivity index (χ3v) is 4.36. The Hall–Kier alpha value is -1.45.